The fraction of sp³-hybridized carbons (Fsp3) is 0.587. The Morgan fingerprint density at radius 3 is 1.51 bits per heavy atom. The average molecular weight is 1350 g/mol. The van der Waals surface area contributed by atoms with Gasteiger partial charge < -0.3 is 92.5 Å². The summed E-state index contributed by atoms with van der Waals surface area (Å²) in [5, 5.41) is 21.1. The zero-order chi connectivity index (χ0) is 70.1. The third-order valence-corrected chi connectivity index (χ3v) is 16.7. The van der Waals surface area contributed by atoms with E-state index in [1.807, 2.05) is 20.1 Å². The van der Waals surface area contributed by atoms with E-state index in [0.717, 1.165) is 0 Å². The smallest absolute Gasteiger partial charge is 0.245 e. The molecule has 2 fully saturated rings. The molecule has 2 aliphatic rings. The summed E-state index contributed by atoms with van der Waals surface area (Å²) in [6.45, 7) is 3.86. The summed E-state index contributed by atoms with van der Waals surface area (Å²) in [5.41, 5.74) is 40.6. The van der Waals surface area contributed by atoms with E-state index < -0.39 is 169 Å². The van der Waals surface area contributed by atoms with E-state index >= 15 is 0 Å². The molecule has 22 N–H and O–H groups in total. The van der Waals surface area contributed by atoms with E-state index in [1.165, 1.54) is 21.6 Å². The molecule has 2 aromatic carbocycles. The highest BCUT2D eigenvalue weighted by Crippen LogP contribution is 2.24. The molecule has 524 valence electrons. The number of nitrogens with two attached hydrogens (primary N) is 7. The number of primary amides is 3. The number of carbonyl (C=O) groups is 13. The van der Waals surface area contributed by atoms with Crippen LogP contribution in [0.4, 0.5) is 0 Å². The number of rotatable bonds is 42. The summed E-state index contributed by atoms with van der Waals surface area (Å²) in [6, 6.07) is 4.51. The number of hydrogen-bond acceptors (Lipinski definition) is 17. The number of likely N-dealkylation sites (tertiary alicyclic amines) is 2. The lowest BCUT2D eigenvalue weighted by Crippen LogP contribution is -2.60. The number of nitrogens with one attached hydrogen (secondary N) is 8. The highest BCUT2D eigenvalue weighted by atomic mass is 32.2. The molecule has 0 saturated carbocycles. The Bertz CT molecular complexity index is 2960. The van der Waals surface area contributed by atoms with Gasteiger partial charge in [-0.2, -0.15) is 11.8 Å². The summed E-state index contributed by atoms with van der Waals surface area (Å²) in [7, 11) is 0. The van der Waals surface area contributed by atoms with Gasteiger partial charge in [-0.15, -0.1) is 0 Å². The third kappa shape index (κ3) is 27.5. The van der Waals surface area contributed by atoms with Crippen molar-refractivity contribution in [3.05, 3.63) is 71.8 Å². The van der Waals surface area contributed by atoms with Crippen molar-refractivity contribution < 1.29 is 62.3 Å². The highest BCUT2D eigenvalue weighted by molar-refractivity contribution is 7.98. The first-order valence-electron chi connectivity index (χ1n) is 32.2. The lowest BCUT2D eigenvalue weighted by Gasteiger charge is -2.32. The van der Waals surface area contributed by atoms with Gasteiger partial charge in [0.25, 0.3) is 0 Å². The molecule has 31 nitrogen and oxygen atoms in total. The molecule has 0 bridgehead atoms. The number of benzene rings is 2. The van der Waals surface area contributed by atoms with Crippen LogP contribution in [0, 0.1) is 5.92 Å². The zero-order valence-electron chi connectivity index (χ0n) is 54.5. The van der Waals surface area contributed by atoms with Gasteiger partial charge >= 0.3 is 0 Å². The van der Waals surface area contributed by atoms with E-state index in [4.69, 9.17) is 40.1 Å². The maximum atomic E-state index is 14.7. The molecule has 95 heavy (non-hydrogen) atoms. The van der Waals surface area contributed by atoms with Gasteiger partial charge in [-0.1, -0.05) is 74.5 Å². The van der Waals surface area contributed by atoms with Gasteiger partial charge in [0.2, 0.25) is 76.8 Å². The second-order valence-corrected chi connectivity index (χ2v) is 25.1. The van der Waals surface area contributed by atoms with Crippen molar-refractivity contribution in [1.29, 1.82) is 0 Å². The van der Waals surface area contributed by atoms with E-state index in [-0.39, 0.29) is 83.0 Å². The summed E-state index contributed by atoms with van der Waals surface area (Å²) in [4.78, 5) is 185. The minimum Gasteiger partial charge on any atom is -0.370 e. The molecule has 0 radical (unpaired) electrons. The van der Waals surface area contributed by atoms with Crippen LogP contribution in [-0.2, 0) is 75.2 Å². The second kappa shape index (κ2) is 41.0. The fourth-order valence-electron chi connectivity index (χ4n) is 11.0. The topological polar surface area (TPSA) is 519 Å². The monoisotopic (exact) mass is 1350 g/mol. The largest absolute Gasteiger partial charge is 0.370 e. The number of guanidine groups is 1. The lowest BCUT2D eigenvalue weighted by molar-refractivity contribution is -0.144. The van der Waals surface area contributed by atoms with Crippen LogP contribution < -0.4 is 82.7 Å². The van der Waals surface area contributed by atoms with Crippen LogP contribution in [-0.4, -0.2) is 198 Å². The van der Waals surface area contributed by atoms with Gasteiger partial charge in [0.1, 0.15) is 54.4 Å². The van der Waals surface area contributed by atoms with Gasteiger partial charge in [0.15, 0.2) is 5.96 Å². The van der Waals surface area contributed by atoms with E-state index in [0.29, 0.717) is 55.4 Å². The number of unbranched alkanes of at least 4 members (excludes halogenated alkanes) is 1. The number of hydrogen-bond donors (Lipinski definition) is 15. The minimum atomic E-state index is -1.64. The Morgan fingerprint density at radius 2 is 1.01 bits per heavy atom. The van der Waals surface area contributed by atoms with Crippen LogP contribution in [0.15, 0.2) is 65.7 Å². The number of thioether (sulfide) groups is 1. The Labute approximate surface area is 558 Å². The normalized spacial score (nSPS) is 16.8. The van der Waals surface area contributed by atoms with Crippen molar-refractivity contribution >= 4 is 94.5 Å². The molecule has 2 aromatic rings. The maximum absolute atomic E-state index is 14.7. The van der Waals surface area contributed by atoms with Crippen molar-refractivity contribution in [3.8, 4) is 0 Å². The Hall–Kier alpha value is -8.91. The van der Waals surface area contributed by atoms with Gasteiger partial charge in [0.05, 0.1) is 12.6 Å². The molecule has 4 rings (SSSR count). The summed E-state index contributed by atoms with van der Waals surface area (Å²) in [6.07, 6.45) is 3.12. The quantitative estimate of drug-likeness (QED) is 0.0173. The molecule has 2 heterocycles. The predicted octanol–water partition coefficient (Wildman–Crippen LogP) is -3.71. The molecule has 0 unspecified atom stereocenters. The lowest BCUT2D eigenvalue weighted by atomic mass is 10.0. The van der Waals surface area contributed by atoms with Gasteiger partial charge in [0, 0.05) is 45.3 Å². The molecular weight excluding hydrogens is 1250 g/mol. The number of aliphatic imine (C=N–C) groups is 1. The van der Waals surface area contributed by atoms with E-state index in [1.54, 1.807) is 60.7 Å². The predicted molar refractivity (Wildman–Crippen MR) is 356 cm³/mol. The summed E-state index contributed by atoms with van der Waals surface area (Å²) < 4.78 is 0. The number of nitrogens with zero attached hydrogens (tertiary/aromatic N) is 3. The molecule has 2 saturated heterocycles. The first kappa shape index (κ1) is 78.5. The van der Waals surface area contributed by atoms with Crippen LogP contribution in [0.3, 0.4) is 0 Å². The van der Waals surface area contributed by atoms with Crippen molar-refractivity contribution in [2.24, 2.45) is 51.0 Å². The van der Waals surface area contributed by atoms with E-state index in [9.17, 15) is 62.3 Å². The zero-order valence-corrected chi connectivity index (χ0v) is 55.3. The molecule has 32 heteroatoms. The van der Waals surface area contributed by atoms with Crippen molar-refractivity contribution in [2.45, 2.75) is 183 Å². The highest BCUT2D eigenvalue weighted by Gasteiger charge is 2.42. The molecule has 13 amide bonds. The Kier molecular flexibility index (Phi) is 33.9. The van der Waals surface area contributed by atoms with Crippen molar-refractivity contribution in [1.82, 2.24) is 52.3 Å². The fourth-order valence-corrected chi connectivity index (χ4v) is 11.5. The second-order valence-electron chi connectivity index (χ2n) is 24.1. The van der Waals surface area contributed by atoms with Crippen LogP contribution >= 0.6 is 11.8 Å². The summed E-state index contributed by atoms with van der Waals surface area (Å²) in [5.74, 6) is -9.80. The molecule has 0 spiro atoms. The van der Waals surface area contributed by atoms with Gasteiger partial charge in [-0.3, -0.25) is 67.3 Å². The first-order valence-corrected chi connectivity index (χ1v) is 33.6. The van der Waals surface area contributed by atoms with Crippen LogP contribution in [0.1, 0.15) is 121 Å². The number of carbonyl (C=O) groups excluding carboxylic acids is 13. The Morgan fingerprint density at radius 1 is 0.537 bits per heavy atom. The first-order chi connectivity index (χ1) is 45.2. The van der Waals surface area contributed by atoms with Crippen LogP contribution in [0.5, 0.6) is 0 Å². The number of amides is 13. The van der Waals surface area contributed by atoms with Gasteiger partial charge in [-0.25, -0.2) is 0 Å². The van der Waals surface area contributed by atoms with Crippen molar-refractivity contribution in [3.63, 3.8) is 0 Å². The molecule has 10 atom stereocenters. The van der Waals surface area contributed by atoms with Crippen LogP contribution in [0.2, 0.25) is 0 Å². The molecule has 2 aliphatic heterocycles. The van der Waals surface area contributed by atoms with E-state index in [2.05, 4.69) is 47.5 Å². The van der Waals surface area contributed by atoms with Gasteiger partial charge in [-0.05, 0) is 119 Å². The Balaban J connectivity index is 1.56. The maximum Gasteiger partial charge on any atom is 0.245 e. The molecule has 0 aliphatic carbocycles. The minimum absolute atomic E-state index is 0.0736. The SMILES string of the molecule is CSCC[C@H](NC(=O)[C@@H](CC(C)C)NC(=O)CNC(=O)[C@@H](Cc1ccccc1)NC(=O)[C@H](Cc1ccccc1)NC(=O)[C@H](CCC(N)=O)NC(=O)[C@@H](CCC(N)=O)NC(=O)[C@@H]1CCCN1C(=O)[C@@H](CCCCN)NC(=O)[C@@H]1CCCN1C(=O)[C@H](N)CCCN=C(N)N)C(N)=O. The molecule has 0 aromatic heterocycles. The average Bonchev–Trinajstić information content (AvgIpc) is 1.74. The standard InChI is InChI=1S/C63H98N18O13S/c1-37(2)33-45(57(89)74-41(53(68)85)27-32-95-3)73-52(84)36-72-54(86)46(34-38-15-6-4-7-16-38)78-58(90)47(35-39-17-8-5-9-18-39)79-56(88)42(23-25-50(66)82)75-55(87)43(24-26-51(67)83)76-59(91)49-22-14-31-81(49)62(94)44(20-10-11-28-64)77-60(92)48-21-13-30-80(48)61(93)40(65)19-12-29-71-63(69)70/h4-9,15-18,37,40-49H,10-14,19-36,64-65H2,1-3H3,(H2,66,82)(H2,67,83)(H2,68,85)(H,72,86)(H,73,84)(H,74,89)(H,75,87)(H,76,91)(H,77,92)(H,78,90)(H,79,88)(H4,69,70,71)/t40-,41+,42+,43-,44-,45-,46-,47+,48+,49+/m1/s1. The third-order valence-electron chi connectivity index (χ3n) is 16.0. The molecular formula is C63H98N18O13S. The summed E-state index contributed by atoms with van der Waals surface area (Å²) >= 11 is 1.45. The van der Waals surface area contributed by atoms with Crippen LogP contribution in [0.25, 0.3) is 0 Å². The van der Waals surface area contributed by atoms with Crippen molar-refractivity contribution in [2.75, 3.05) is 44.7 Å².